The van der Waals surface area contributed by atoms with Crippen molar-refractivity contribution in [1.82, 2.24) is 0 Å². The van der Waals surface area contributed by atoms with Gasteiger partial charge in [0, 0.05) is 0 Å². The molecule has 0 aliphatic heterocycles. The fourth-order valence-corrected chi connectivity index (χ4v) is 3.33. The molecule has 2 aromatic rings. The maximum Gasteiger partial charge on any atom is 0.416 e. The van der Waals surface area contributed by atoms with Gasteiger partial charge >= 0.3 is 6.18 Å². The number of hydrogen-bond acceptors (Lipinski definition) is 3. The average molecular weight is 459 g/mol. The lowest BCUT2D eigenvalue weighted by molar-refractivity contribution is -0.137. The molecular formula is C15H3Cl5F3N3. The van der Waals surface area contributed by atoms with Crippen molar-refractivity contribution in [1.29, 1.82) is 10.5 Å². The highest BCUT2D eigenvalue weighted by atomic mass is 35.5. The summed E-state index contributed by atoms with van der Waals surface area (Å²) in [6.45, 7) is 0. The molecule has 26 heavy (non-hydrogen) atoms. The van der Waals surface area contributed by atoms with E-state index in [4.69, 9.17) is 63.3 Å². The summed E-state index contributed by atoms with van der Waals surface area (Å²) in [6.07, 6.45) is -4.65. The molecule has 0 aliphatic carbocycles. The molecule has 1 N–H and O–H groups in total. The molecule has 0 amide bonds. The van der Waals surface area contributed by atoms with Gasteiger partial charge in [-0.1, -0.05) is 58.0 Å². The first-order valence-electron chi connectivity index (χ1n) is 6.36. The molecule has 0 aromatic heterocycles. The lowest BCUT2D eigenvalue weighted by Gasteiger charge is -2.17. The number of nitrogens with one attached hydrogen (secondary N) is 1. The van der Waals surface area contributed by atoms with Crippen LogP contribution >= 0.6 is 58.0 Å². The number of rotatable bonds is 2. The molecule has 0 heterocycles. The molecule has 11 heteroatoms. The summed E-state index contributed by atoms with van der Waals surface area (Å²) in [5.41, 5.74) is -1.81. The molecule has 134 valence electrons. The molecule has 0 spiro atoms. The Morgan fingerprint density at radius 3 is 1.69 bits per heavy atom. The lowest BCUT2D eigenvalue weighted by Crippen LogP contribution is -2.06. The van der Waals surface area contributed by atoms with Gasteiger partial charge in [0.15, 0.2) is 0 Å². The van der Waals surface area contributed by atoms with E-state index in [0.717, 1.165) is 0 Å². The van der Waals surface area contributed by atoms with Crippen LogP contribution in [0, 0.1) is 22.7 Å². The van der Waals surface area contributed by atoms with Crippen LogP contribution < -0.4 is 5.32 Å². The smallest absolute Gasteiger partial charge is 0.351 e. The van der Waals surface area contributed by atoms with Crippen molar-refractivity contribution in [3.05, 3.63) is 53.9 Å². The van der Waals surface area contributed by atoms with Crippen molar-refractivity contribution in [3.63, 3.8) is 0 Å². The minimum Gasteiger partial charge on any atom is -0.351 e. The van der Waals surface area contributed by atoms with Gasteiger partial charge in [-0.2, -0.15) is 23.7 Å². The highest BCUT2D eigenvalue weighted by molar-refractivity contribution is 6.47. The molecule has 0 fully saturated rings. The van der Waals surface area contributed by atoms with Crippen molar-refractivity contribution < 1.29 is 13.2 Å². The summed E-state index contributed by atoms with van der Waals surface area (Å²) in [5.74, 6) is 0. The lowest BCUT2D eigenvalue weighted by atomic mass is 10.1. The monoisotopic (exact) mass is 457 g/mol. The first-order valence-corrected chi connectivity index (χ1v) is 8.25. The molecule has 0 aliphatic rings. The summed E-state index contributed by atoms with van der Waals surface area (Å²) in [7, 11) is 0. The van der Waals surface area contributed by atoms with Crippen LogP contribution in [-0.4, -0.2) is 0 Å². The Morgan fingerprint density at radius 2 is 1.27 bits per heavy atom. The van der Waals surface area contributed by atoms with Gasteiger partial charge in [0.25, 0.3) is 0 Å². The molecule has 0 saturated heterocycles. The Hall–Kier alpha value is -1.54. The van der Waals surface area contributed by atoms with Crippen LogP contribution in [0.15, 0.2) is 12.1 Å². The van der Waals surface area contributed by atoms with E-state index in [1.54, 1.807) is 12.1 Å². The van der Waals surface area contributed by atoms with Crippen LogP contribution in [0.4, 0.5) is 24.5 Å². The standard InChI is InChI=1S/C15H3Cl5F3N3/c16-8-1-5(15(21,22)23)2-9(17)14(8)26-13-7(4-25)10(18)6(3-24)11(19)12(13)20/h1-2,26H. The van der Waals surface area contributed by atoms with Gasteiger partial charge in [-0.05, 0) is 12.1 Å². The second kappa shape index (κ2) is 7.60. The SMILES string of the molecule is N#Cc1c(Cl)c(Cl)c(Nc2c(Cl)cc(C(F)(F)F)cc2Cl)c(C#N)c1Cl. The van der Waals surface area contributed by atoms with Crippen molar-refractivity contribution in [3.8, 4) is 12.1 Å². The fraction of sp³-hybridized carbons (Fsp3) is 0.0667. The van der Waals surface area contributed by atoms with Gasteiger partial charge in [-0.3, -0.25) is 0 Å². The van der Waals surface area contributed by atoms with Gasteiger partial charge in [0.05, 0.1) is 53.2 Å². The molecule has 0 unspecified atom stereocenters. The number of nitriles is 2. The summed E-state index contributed by atoms with van der Waals surface area (Å²) in [5, 5.41) is 19.4. The maximum atomic E-state index is 12.8. The minimum atomic E-state index is -4.65. The summed E-state index contributed by atoms with van der Waals surface area (Å²) < 4.78 is 38.4. The zero-order valence-electron chi connectivity index (χ0n) is 12.1. The molecular weight excluding hydrogens is 456 g/mol. The predicted octanol–water partition coefficient (Wildman–Crippen LogP) is 7.46. The fourth-order valence-electron chi connectivity index (χ4n) is 1.96. The first-order chi connectivity index (χ1) is 12.0. The maximum absolute atomic E-state index is 12.8. The summed E-state index contributed by atoms with van der Waals surface area (Å²) in [6, 6.07) is 4.77. The van der Waals surface area contributed by atoms with E-state index in [2.05, 4.69) is 5.32 Å². The van der Waals surface area contributed by atoms with Gasteiger partial charge in [-0.25, -0.2) is 0 Å². The average Bonchev–Trinajstić information content (AvgIpc) is 2.54. The van der Waals surface area contributed by atoms with Crippen LogP contribution in [0.3, 0.4) is 0 Å². The topological polar surface area (TPSA) is 59.6 Å². The highest BCUT2D eigenvalue weighted by Crippen LogP contribution is 2.45. The van der Waals surface area contributed by atoms with Crippen LogP contribution in [0.5, 0.6) is 0 Å². The number of anilines is 2. The Kier molecular flexibility index (Phi) is 6.07. The van der Waals surface area contributed by atoms with E-state index in [0.29, 0.717) is 12.1 Å². The number of benzene rings is 2. The summed E-state index contributed by atoms with van der Waals surface area (Å²) >= 11 is 29.8. The normalized spacial score (nSPS) is 11.0. The Labute approximate surface area is 170 Å². The molecule has 2 rings (SSSR count). The molecule has 0 bridgehead atoms. The quantitative estimate of drug-likeness (QED) is 0.474. The van der Waals surface area contributed by atoms with Crippen molar-refractivity contribution >= 4 is 69.4 Å². The third-order valence-corrected chi connectivity index (χ3v) is 4.99. The van der Waals surface area contributed by atoms with Crippen LogP contribution in [0.25, 0.3) is 0 Å². The molecule has 3 nitrogen and oxygen atoms in total. The first kappa shape index (κ1) is 20.8. The van der Waals surface area contributed by atoms with E-state index in [1.807, 2.05) is 0 Å². The van der Waals surface area contributed by atoms with E-state index in [1.165, 1.54) is 0 Å². The van der Waals surface area contributed by atoms with E-state index in [9.17, 15) is 18.4 Å². The van der Waals surface area contributed by atoms with E-state index >= 15 is 0 Å². The number of alkyl halides is 3. The zero-order valence-corrected chi connectivity index (χ0v) is 15.9. The van der Waals surface area contributed by atoms with E-state index in [-0.39, 0.29) is 47.6 Å². The van der Waals surface area contributed by atoms with Crippen LogP contribution in [-0.2, 0) is 6.18 Å². The second-order valence-corrected chi connectivity index (χ2v) is 6.68. The van der Waals surface area contributed by atoms with Gasteiger partial charge in [0.1, 0.15) is 12.1 Å². The second-order valence-electron chi connectivity index (χ2n) is 4.73. The third kappa shape index (κ3) is 3.76. The Balaban J connectivity index is 2.68. The third-order valence-electron chi connectivity index (χ3n) is 3.16. The van der Waals surface area contributed by atoms with Crippen molar-refractivity contribution in [2.75, 3.05) is 5.32 Å². The molecule has 0 atom stereocenters. The van der Waals surface area contributed by atoms with Crippen molar-refractivity contribution in [2.45, 2.75) is 6.18 Å². The molecule has 0 saturated carbocycles. The van der Waals surface area contributed by atoms with E-state index < -0.39 is 11.7 Å². The summed E-state index contributed by atoms with van der Waals surface area (Å²) in [4.78, 5) is 0. The molecule has 2 aromatic carbocycles. The van der Waals surface area contributed by atoms with Gasteiger partial charge < -0.3 is 5.32 Å². The van der Waals surface area contributed by atoms with Crippen LogP contribution in [0.1, 0.15) is 16.7 Å². The van der Waals surface area contributed by atoms with Crippen LogP contribution in [0.2, 0.25) is 25.1 Å². The van der Waals surface area contributed by atoms with Gasteiger partial charge in [-0.15, -0.1) is 0 Å². The predicted molar refractivity (Wildman–Crippen MR) is 95.6 cm³/mol. The largest absolute Gasteiger partial charge is 0.416 e. The number of nitrogens with zero attached hydrogens (tertiary/aromatic N) is 2. The Morgan fingerprint density at radius 1 is 0.769 bits per heavy atom. The van der Waals surface area contributed by atoms with Gasteiger partial charge in [0.2, 0.25) is 0 Å². The number of halogens is 8. The Bertz CT molecular complexity index is 967. The van der Waals surface area contributed by atoms with Crippen molar-refractivity contribution in [2.24, 2.45) is 0 Å². The minimum absolute atomic E-state index is 0.142. The zero-order chi connectivity index (χ0) is 19.8. The number of hydrogen-bond donors (Lipinski definition) is 1. The molecule has 0 radical (unpaired) electrons. The highest BCUT2D eigenvalue weighted by Gasteiger charge is 2.32.